The Hall–Kier alpha value is -2.09. The lowest BCUT2D eigenvalue weighted by atomic mass is 10.1. The zero-order valence-corrected chi connectivity index (χ0v) is 16.9. The Morgan fingerprint density at radius 2 is 1.81 bits per heavy atom. The standard InChI is InChI=1S/C19H23ClN2O4S/c1-22(27(24,25)17-11-9-16(20)10-12-17)14-19(23)21-13-5-7-15-6-3-4-8-18(15)26-2/h3-4,6,8-12H,5,7,13-14H2,1-2H3,(H,21,23). The maximum absolute atomic E-state index is 12.5. The number of methoxy groups -OCH3 is 1. The van der Waals surface area contributed by atoms with E-state index in [1.54, 1.807) is 7.11 Å². The molecule has 0 saturated carbocycles. The maximum atomic E-state index is 12.5. The van der Waals surface area contributed by atoms with Gasteiger partial charge in [-0.15, -0.1) is 0 Å². The van der Waals surface area contributed by atoms with E-state index in [4.69, 9.17) is 16.3 Å². The zero-order valence-electron chi connectivity index (χ0n) is 15.3. The van der Waals surface area contributed by atoms with Crippen LogP contribution in [0.3, 0.4) is 0 Å². The van der Waals surface area contributed by atoms with Gasteiger partial charge in [0.2, 0.25) is 15.9 Å². The summed E-state index contributed by atoms with van der Waals surface area (Å²) in [5.74, 6) is 0.465. The second kappa shape index (κ2) is 9.73. The number of likely N-dealkylation sites (N-methyl/N-ethyl adjacent to an activating group) is 1. The smallest absolute Gasteiger partial charge is 0.243 e. The molecule has 1 N–H and O–H groups in total. The van der Waals surface area contributed by atoms with Crippen LogP contribution in [0, 0.1) is 0 Å². The Kier molecular flexibility index (Phi) is 7.65. The summed E-state index contributed by atoms with van der Waals surface area (Å²) in [7, 11) is -0.740. The molecule has 0 radical (unpaired) electrons. The number of ether oxygens (including phenoxy) is 1. The van der Waals surface area contributed by atoms with E-state index in [2.05, 4.69) is 5.32 Å². The number of nitrogens with one attached hydrogen (secondary N) is 1. The van der Waals surface area contributed by atoms with Crippen molar-refractivity contribution in [2.45, 2.75) is 17.7 Å². The van der Waals surface area contributed by atoms with Crippen molar-refractivity contribution < 1.29 is 17.9 Å². The number of halogens is 1. The topological polar surface area (TPSA) is 75.7 Å². The first-order chi connectivity index (χ1) is 12.8. The molecule has 6 nitrogen and oxygen atoms in total. The normalized spacial score (nSPS) is 11.4. The van der Waals surface area contributed by atoms with Gasteiger partial charge in [-0.1, -0.05) is 29.8 Å². The number of hydrogen-bond donors (Lipinski definition) is 1. The van der Waals surface area contributed by atoms with Crippen LogP contribution in [0.25, 0.3) is 0 Å². The summed E-state index contributed by atoms with van der Waals surface area (Å²) in [5, 5.41) is 3.20. The number of hydrogen-bond acceptors (Lipinski definition) is 4. The third-order valence-corrected chi connectivity index (χ3v) is 6.10. The van der Waals surface area contributed by atoms with Crippen LogP contribution in [0.1, 0.15) is 12.0 Å². The SMILES string of the molecule is COc1ccccc1CCCNC(=O)CN(C)S(=O)(=O)c1ccc(Cl)cc1. The third kappa shape index (κ3) is 5.95. The number of sulfonamides is 1. The van der Waals surface area contributed by atoms with Crippen LogP contribution < -0.4 is 10.1 Å². The molecule has 0 atom stereocenters. The minimum absolute atomic E-state index is 0.0957. The quantitative estimate of drug-likeness (QED) is 0.645. The van der Waals surface area contributed by atoms with Crippen molar-refractivity contribution in [2.75, 3.05) is 27.2 Å². The highest BCUT2D eigenvalue weighted by molar-refractivity contribution is 7.89. The fourth-order valence-electron chi connectivity index (χ4n) is 2.55. The Morgan fingerprint density at radius 3 is 2.48 bits per heavy atom. The first kappa shape index (κ1) is 21.2. The molecule has 146 valence electrons. The highest BCUT2D eigenvalue weighted by atomic mass is 35.5. The highest BCUT2D eigenvalue weighted by Crippen LogP contribution is 2.19. The molecule has 0 heterocycles. The van der Waals surface area contributed by atoms with E-state index in [0.29, 0.717) is 11.6 Å². The van der Waals surface area contributed by atoms with Gasteiger partial charge in [-0.05, 0) is 48.7 Å². The number of amides is 1. The van der Waals surface area contributed by atoms with E-state index in [-0.39, 0.29) is 17.3 Å². The van der Waals surface area contributed by atoms with Gasteiger partial charge in [-0.25, -0.2) is 8.42 Å². The number of aryl methyl sites for hydroxylation is 1. The van der Waals surface area contributed by atoms with Crippen LogP contribution in [-0.4, -0.2) is 45.9 Å². The van der Waals surface area contributed by atoms with Gasteiger partial charge < -0.3 is 10.1 Å². The lowest BCUT2D eigenvalue weighted by Crippen LogP contribution is -2.38. The fraction of sp³-hybridized carbons (Fsp3) is 0.316. The summed E-state index contributed by atoms with van der Waals surface area (Å²) in [5.41, 5.74) is 1.07. The Bertz CT molecular complexity index is 870. The van der Waals surface area contributed by atoms with Gasteiger partial charge in [0.1, 0.15) is 5.75 Å². The minimum Gasteiger partial charge on any atom is -0.496 e. The number of nitrogens with zero attached hydrogens (tertiary/aromatic N) is 1. The summed E-state index contributed by atoms with van der Waals surface area (Å²) in [6, 6.07) is 13.5. The van der Waals surface area contributed by atoms with E-state index in [1.807, 2.05) is 24.3 Å². The molecule has 0 spiro atoms. The van der Waals surface area contributed by atoms with Crippen LogP contribution in [0.5, 0.6) is 5.75 Å². The molecule has 2 aromatic rings. The van der Waals surface area contributed by atoms with Gasteiger partial charge in [0.25, 0.3) is 0 Å². The van der Waals surface area contributed by atoms with Crippen molar-refractivity contribution in [3.63, 3.8) is 0 Å². The van der Waals surface area contributed by atoms with Crippen molar-refractivity contribution in [1.29, 1.82) is 0 Å². The van der Waals surface area contributed by atoms with Crippen molar-refractivity contribution in [3.8, 4) is 5.75 Å². The highest BCUT2D eigenvalue weighted by Gasteiger charge is 2.22. The lowest BCUT2D eigenvalue weighted by molar-refractivity contribution is -0.121. The van der Waals surface area contributed by atoms with Crippen molar-refractivity contribution in [3.05, 3.63) is 59.1 Å². The maximum Gasteiger partial charge on any atom is 0.243 e. The molecule has 1 amide bonds. The van der Waals surface area contributed by atoms with Crippen molar-refractivity contribution in [2.24, 2.45) is 0 Å². The number of carbonyl (C=O) groups excluding carboxylic acids is 1. The molecule has 0 saturated heterocycles. The molecule has 0 aliphatic heterocycles. The van der Waals surface area contributed by atoms with Crippen LogP contribution in [0.4, 0.5) is 0 Å². The van der Waals surface area contributed by atoms with E-state index >= 15 is 0 Å². The van der Waals surface area contributed by atoms with E-state index in [9.17, 15) is 13.2 Å². The molecular weight excluding hydrogens is 388 g/mol. The van der Waals surface area contributed by atoms with E-state index in [1.165, 1.54) is 31.3 Å². The summed E-state index contributed by atoms with van der Waals surface area (Å²) < 4.78 is 31.2. The monoisotopic (exact) mass is 410 g/mol. The van der Waals surface area contributed by atoms with Gasteiger partial charge in [0.05, 0.1) is 18.6 Å². The second-order valence-corrected chi connectivity index (χ2v) is 8.46. The molecule has 0 unspecified atom stereocenters. The number of benzene rings is 2. The number of rotatable bonds is 9. The second-order valence-electron chi connectivity index (χ2n) is 5.98. The summed E-state index contributed by atoms with van der Waals surface area (Å²) in [6.07, 6.45) is 1.48. The van der Waals surface area contributed by atoms with Crippen molar-refractivity contribution >= 4 is 27.5 Å². The summed E-state index contributed by atoms with van der Waals surface area (Å²) in [6.45, 7) is 0.200. The van der Waals surface area contributed by atoms with Gasteiger partial charge in [-0.2, -0.15) is 4.31 Å². The lowest BCUT2D eigenvalue weighted by Gasteiger charge is -2.17. The molecule has 2 aromatic carbocycles. The Balaban J connectivity index is 1.82. The van der Waals surface area contributed by atoms with Crippen LogP contribution in [0.15, 0.2) is 53.4 Å². The molecule has 27 heavy (non-hydrogen) atoms. The van der Waals surface area contributed by atoms with Crippen LogP contribution in [0.2, 0.25) is 5.02 Å². The predicted octanol–water partition coefficient (Wildman–Crippen LogP) is 2.72. The Morgan fingerprint density at radius 1 is 1.15 bits per heavy atom. The molecule has 8 heteroatoms. The molecule has 0 fully saturated rings. The Labute approximate surface area is 165 Å². The van der Waals surface area contributed by atoms with E-state index in [0.717, 1.165) is 28.5 Å². The zero-order chi connectivity index (χ0) is 19.9. The average Bonchev–Trinajstić information content (AvgIpc) is 2.65. The fourth-order valence-corrected chi connectivity index (χ4v) is 3.80. The van der Waals surface area contributed by atoms with Gasteiger partial charge in [0, 0.05) is 18.6 Å². The molecule has 0 aromatic heterocycles. The summed E-state index contributed by atoms with van der Waals surface area (Å²) in [4.78, 5) is 12.2. The van der Waals surface area contributed by atoms with Gasteiger partial charge in [-0.3, -0.25) is 4.79 Å². The number of para-hydroxylation sites is 1. The predicted molar refractivity (Wildman–Crippen MR) is 106 cm³/mol. The van der Waals surface area contributed by atoms with Crippen molar-refractivity contribution in [1.82, 2.24) is 9.62 Å². The minimum atomic E-state index is -3.74. The molecule has 0 aliphatic carbocycles. The number of carbonyl (C=O) groups is 1. The van der Waals surface area contributed by atoms with Gasteiger partial charge in [0.15, 0.2) is 0 Å². The van der Waals surface area contributed by atoms with Gasteiger partial charge >= 0.3 is 0 Å². The molecule has 0 bridgehead atoms. The largest absolute Gasteiger partial charge is 0.496 e. The first-order valence-corrected chi connectivity index (χ1v) is 10.3. The molecule has 2 rings (SSSR count). The summed E-state index contributed by atoms with van der Waals surface area (Å²) >= 11 is 5.78. The third-order valence-electron chi connectivity index (χ3n) is 4.03. The molecule has 0 aliphatic rings. The van der Waals surface area contributed by atoms with Crippen LogP contribution in [-0.2, 0) is 21.2 Å². The first-order valence-electron chi connectivity index (χ1n) is 8.45. The van der Waals surface area contributed by atoms with E-state index < -0.39 is 10.0 Å². The molecular formula is C19H23ClN2O4S. The average molecular weight is 411 g/mol. The van der Waals surface area contributed by atoms with Crippen LogP contribution >= 0.6 is 11.6 Å².